The average molecular weight is 447 g/mol. The fourth-order valence-electron chi connectivity index (χ4n) is 1.43. The maximum atomic E-state index is 13.3. The van der Waals surface area contributed by atoms with Crippen LogP contribution in [0.25, 0.3) is 0 Å². The van der Waals surface area contributed by atoms with Crippen LogP contribution in [0.3, 0.4) is 0 Å². The number of nitrogens with one attached hydrogen (secondary N) is 1. The molecule has 3 nitrogen and oxygen atoms in total. The maximum absolute atomic E-state index is 13.3. The van der Waals surface area contributed by atoms with E-state index in [-0.39, 0.29) is 0 Å². The molecule has 0 aromatic carbocycles. The molecule has 1 N–H and O–H groups in total. The van der Waals surface area contributed by atoms with Gasteiger partial charge in [-0.1, -0.05) is 6.58 Å². The molecule has 0 rings (SSSR count). The Balaban J connectivity index is 5.51. The second kappa shape index (κ2) is 7.94. The number of halogens is 13. The van der Waals surface area contributed by atoms with Gasteiger partial charge in [0, 0.05) is 6.42 Å². The number of hydrogen-bond acceptors (Lipinski definition) is 2. The molecule has 0 heterocycles. The van der Waals surface area contributed by atoms with Gasteiger partial charge in [0.05, 0.1) is 6.61 Å². The molecule has 0 aromatic rings. The molecule has 166 valence electrons. The van der Waals surface area contributed by atoms with Crippen LogP contribution in [0.4, 0.5) is 57.1 Å². The van der Waals surface area contributed by atoms with Crippen molar-refractivity contribution in [2.75, 3.05) is 13.3 Å². The van der Waals surface area contributed by atoms with E-state index in [4.69, 9.17) is 0 Å². The molecular formula is C12H10F13NO2. The van der Waals surface area contributed by atoms with Gasteiger partial charge >= 0.3 is 35.8 Å². The van der Waals surface area contributed by atoms with Crippen molar-refractivity contribution in [3.8, 4) is 0 Å². The Morgan fingerprint density at radius 3 is 1.61 bits per heavy atom. The Morgan fingerprint density at radius 1 is 0.786 bits per heavy atom. The molecule has 0 bridgehead atoms. The molecule has 0 atom stereocenters. The molecule has 0 aliphatic carbocycles. The lowest BCUT2D eigenvalue weighted by molar-refractivity contribution is -0.440. The van der Waals surface area contributed by atoms with E-state index in [0.29, 0.717) is 6.08 Å². The van der Waals surface area contributed by atoms with E-state index in [9.17, 15) is 61.9 Å². The molecule has 28 heavy (non-hydrogen) atoms. The number of carbonyl (C=O) groups excluding carboxylic acids is 1. The van der Waals surface area contributed by atoms with Gasteiger partial charge in [-0.2, -0.15) is 57.1 Å². The van der Waals surface area contributed by atoms with Crippen LogP contribution >= 0.6 is 0 Å². The number of alkyl halides is 13. The first-order chi connectivity index (χ1) is 12.2. The maximum Gasteiger partial charge on any atom is 0.460 e. The largest absolute Gasteiger partial charge is 0.460 e. The van der Waals surface area contributed by atoms with Gasteiger partial charge in [0.25, 0.3) is 0 Å². The van der Waals surface area contributed by atoms with Gasteiger partial charge in [-0.05, 0) is 6.08 Å². The molecule has 1 amide bonds. The first-order valence-electron chi connectivity index (χ1n) is 6.64. The minimum absolute atomic E-state index is 0.648. The van der Waals surface area contributed by atoms with Crippen LogP contribution in [0.2, 0.25) is 0 Å². The quantitative estimate of drug-likeness (QED) is 0.234. The standard InChI is InChI=1S/C12H10F13NO2/c1-2-6(27)26-5-28-4-3-7(13,14)8(15,16)9(17,18)10(19,20)11(21,22)12(23,24)25/h2H,1,3-5H2,(H,26,27). The van der Waals surface area contributed by atoms with Crippen LogP contribution < -0.4 is 5.32 Å². The zero-order valence-electron chi connectivity index (χ0n) is 13.1. The summed E-state index contributed by atoms with van der Waals surface area (Å²) in [5.41, 5.74) is 0. The van der Waals surface area contributed by atoms with E-state index in [1.165, 1.54) is 0 Å². The van der Waals surface area contributed by atoms with E-state index in [1.54, 1.807) is 5.32 Å². The molecule has 0 saturated carbocycles. The first-order valence-corrected chi connectivity index (χ1v) is 6.64. The van der Waals surface area contributed by atoms with Crippen LogP contribution in [-0.4, -0.2) is 55.0 Å². The van der Waals surface area contributed by atoms with Gasteiger partial charge < -0.3 is 10.1 Å². The summed E-state index contributed by atoms with van der Waals surface area (Å²) >= 11 is 0. The topological polar surface area (TPSA) is 38.3 Å². The minimum Gasteiger partial charge on any atom is -0.361 e. The molecule has 0 aliphatic heterocycles. The smallest absolute Gasteiger partial charge is 0.361 e. The Labute approximate surface area is 147 Å². The monoisotopic (exact) mass is 447 g/mol. The lowest BCUT2D eigenvalue weighted by Gasteiger charge is -2.39. The van der Waals surface area contributed by atoms with E-state index >= 15 is 0 Å². The zero-order valence-corrected chi connectivity index (χ0v) is 13.1. The normalized spacial score (nSPS) is 14.8. The number of amides is 1. The number of carbonyl (C=O) groups is 1. The highest BCUT2D eigenvalue weighted by atomic mass is 19.4. The summed E-state index contributed by atoms with van der Waals surface area (Å²) in [6.07, 6.45) is -9.29. The van der Waals surface area contributed by atoms with Crippen LogP contribution in [0.1, 0.15) is 6.42 Å². The highest BCUT2D eigenvalue weighted by Gasteiger charge is 2.90. The van der Waals surface area contributed by atoms with E-state index < -0.39 is 61.5 Å². The van der Waals surface area contributed by atoms with E-state index in [2.05, 4.69) is 11.3 Å². The van der Waals surface area contributed by atoms with Gasteiger partial charge in [0.2, 0.25) is 5.91 Å². The Hall–Kier alpha value is -1.74. The van der Waals surface area contributed by atoms with E-state index in [1.807, 2.05) is 0 Å². The van der Waals surface area contributed by atoms with Crippen LogP contribution in [-0.2, 0) is 9.53 Å². The van der Waals surface area contributed by atoms with Crippen LogP contribution in [0, 0.1) is 0 Å². The fraction of sp³-hybridized carbons (Fsp3) is 0.750. The Morgan fingerprint density at radius 2 is 1.21 bits per heavy atom. The van der Waals surface area contributed by atoms with Gasteiger partial charge in [-0.3, -0.25) is 4.79 Å². The Kier molecular flexibility index (Phi) is 7.45. The molecule has 0 unspecified atom stereocenters. The molecule has 0 aromatic heterocycles. The summed E-state index contributed by atoms with van der Waals surface area (Å²) in [4.78, 5) is 10.6. The molecule has 0 fully saturated rings. The van der Waals surface area contributed by atoms with Crippen molar-refractivity contribution in [1.29, 1.82) is 0 Å². The number of ether oxygens (including phenoxy) is 1. The van der Waals surface area contributed by atoms with E-state index in [0.717, 1.165) is 0 Å². The lowest BCUT2D eigenvalue weighted by atomic mass is 9.93. The van der Waals surface area contributed by atoms with Crippen molar-refractivity contribution < 1.29 is 66.6 Å². The van der Waals surface area contributed by atoms with Crippen molar-refractivity contribution in [2.45, 2.75) is 42.2 Å². The summed E-state index contributed by atoms with van der Waals surface area (Å²) in [7, 11) is 0. The number of hydrogen-bond donors (Lipinski definition) is 1. The second-order valence-corrected chi connectivity index (χ2v) is 5.05. The van der Waals surface area contributed by atoms with Crippen molar-refractivity contribution >= 4 is 5.91 Å². The zero-order chi connectivity index (χ0) is 22.8. The van der Waals surface area contributed by atoms with Crippen molar-refractivity contribution in [3.05, 3.63) is 12.7 Å². The molecule has 0 spiro atoms. The van der Waals surface area contributed by atoms with Crippen molar-refractivity contribution in [3.63, 3.8) is 0 Å². The molecule has 0 saturated heterocycles. The molecular weight excluding hydrogens is 437 g/mol. The summed E-state index contributed by atoms with van der Waals surface area (Å²) in [6.45, 7) is 0.383. The molecule has 16 heteroatoms. The average Bonchev–Trinajstić information content (AvgIpc) is 2.52. The predicted molar refractivity (Wildman–Crippen MR) is 64.6 cm³/mol. The van der Waals surface area contributed by atoms with Gasteiger partial charge in [0.1, 0.15) is 6.73 Å². The third-order valence-corrected chi connectivity index (χ3v) is 3.09. The van der Waals surface area contributed by atoms with Crippen molar-refractivity contribution in [1.82, 2.24) is 5.32 Å². The van der Waals surface area contributed by atoms with Gasteiger partial charge in [-0.15, -0.1) is 0 Å². The summed E-state index contributed by atoms with van der Waals surface area (Å²) in [6, 6.07) is 0. The SMILES string of the molecule is C=CC(=O)NCOCCC(F)(F)C(F)(F)C(F)(F)C(F)(F)C(F)(F)C(F)(F)F. The molecule has 0 aliphatic rings. The fourth-order valence-corrected chi connectivity index (χ4v) is 1.43. The summed E-state index contributed by atoms with van der Waals surface area (Å²) in [5.74, 6) is -38.0. The van der Waals surface area contributed by atoms with Crippen LogP contribution in [0.15, 0.2) is 12.7 Å². The summed E-state index contributed by atoms with van der Waals surface area (Å²) < 4.78 is 170. The Bertz CT molecular complexity index is 570. The first kappa shape index (κ1) is 26.3. The third kappa shape index (κ3) is 4.46. The lowest BCUT2D eigenvalue weighted by Crippen LogP contribution is -2.70. The van der Waals surface area contributed by atoms with Gasteiger partial charge in [0.15, 0.2) is 0 Å². The number of rotatable bonds is 10. The predicted octanol–water partition coefficient (Wildman–Crippen LogP) is 4.39. The van der Waals surface area contributed by atoms with Gasteiger partial charge in [-0.25, -0.2) is 0 Å². The highest BCUT2D eigenvalue weighted by molar-refractivity contribution is 5.86. The summed E-state index contributed by atoms with van der Waals surface area (Å²) in [5, 5.41) is 1.74. The third-order valence-electron chi connectivity index (χ3n) is 3.09. The highest BCUT2D eigenvalue weighted by Crippen LogP contribution is 2.60. The minimum atomic E-state index is -7.93. The van der Waals surface area contributed by atoms with Crippen LogP contribution in [0.5, 0.6) is 0 Å². The van der Waals surface area contributed by atoms with Crippen molar-refractivity contribution in [2.24, 2.45) is 0 Å². The molecule has 0 radical (unpaired) electrons. The second-order valence-electron chi connectivity index (χ2n) is 5.05.